The zero-order valence-corrected chi connectivity index (χ0v) is 6.77. The Hall–Kier alpha value is -0.580. The number of nitrogens with zero attached hydrogens (tertiary/aromatic N) is 1. The molecule has 0 aromatic rings. The molecule has 58 valence electrons. The van der Waals surface area contributed by atoms with E-state index in [9.17, 15) is 9.70 Å². The zero-order valence-electron chi connectivity index (χ0n) is 5.96. The molecule has 2 unspecified atom stereocenters. The van der Waals surface area contributed by atoms with E-state index in [0.29, 0.717) is 5.75 Å². The molecule has 1 rings (SSSR count). The van der Waals surface area contributed by atoms with Gasteiger partial charge < -0.3 is 5.32 Å². The standard InChI is InChI=1S/C5H10N2O2S/c1-6-5(8)4-3-10(4,2)7-9/h4H,3H2,1-2H3,(H,6,8). The van der Waals surface area contributed by atoms with E-state index in [1.807, 2.05) is 0 Å². The molecule has 0 saturated carbocycles. The van der Waals surface area contributed by atoms with E-state index in [4.69, 9.17) is 0 Å². The largest absolute Gasteiger partial charge is 0.358 e. The second-order valence-corrected chi connectivity index (χ2v) is 5.72. The third-order valence-corrected chi connectivity index (χ3v) is 4.22. The Bertz CT molecular complexity index is 184. The van der Waals surface area contributed by atoms with Crippen molar-refractivity contribution in [3.8, 4) is 0 Å². The summed E-state index contributed by atoms with van der Waals surface area (Å²) in [7, 11) is 0.168. The molecule has 1 N–H and O–H groups in total. The lowest BCUT2D eigenvalue weighted by Crippen LogP contribution is -2.23. The molecule has 1 heterocycles. The fourth-order valence-electron chi connectivity index (χ4n) is 0.817. The second kappa shape index (κ2) is 2.23. The van der Waals surface area contributed by atoms with Crippen LogP contribution >= 0.6 is 10.2 Å². The Balaban J connectivity index is 2.52. The quantitative estimate of drug-likeness (QED) is 0.466. The fourth-order valence-corrected chi connectivity index (χ4v) is 2.84. The summed E-state index contributed by atoms with van der Waals surface area (Å²) in [5.41, 5.74) is 0. The average Bonchev–Trinajstić information content (AvgIpc) is 2.62. The van der Waals surface area contributed by atoms with Crippen LogP contribution in [0.4, 0.5) is 0 Å². The van der Waals surface area contributed by atoms with E-state index in [2.05, 4.69) is 9.90 Å². The number of hydrogen-bond acceptors (Lipinski definition) is 3. The summed E-state index contributed by atoms with van der Waals surface area (Å²) in [5, 5.41) is 2.40. The van der Waals surface area contributed by atoms with Gasteiger partial charge in [-0.05, 0) is 10.8 Å². The van der Waals surface area contributed by atoms with Gasteiger partial charge in [0.05, 0.1) is 5.25 Å². The first-order valence-corrected chi connectivity index (χ1v) is 5.18. The summed E-state index contributed by atoms with van der Waals surface area (Å²) in [5.74, 6) is 0.632. The lowest BCUT2D eigenvalue weighted by molar-refractivity contribution is -0.119. The monoisotopic (exact) mass is 162 g/mol. The molecular weight excluding hydrogens is 152 g/mol. The lowest BCUT2D eigenvalue weighted by atomic mass is 10.5. The molecular formula is C5H10N2O2S. The molecule has 1 aliphatic rings. The molecule has 10 heavy (non-hydrogen) atoms. The van der Waals surface area contributed by atoms with Crippen LogP contribution in [0.3, 0.4) is 0 Å². The van der Waals surface area contributed by atoms with Crippen LogP contribution in [0.5, 0.6) is 0 Å². The van der Waals surface area contributed by atoms with Crippen molar-refractivity contribution in [2.45, 2.75) is 5.25 Å². The summed E-state index contributed by atoms with van der Waals surface area (Å²) >= 11 is 0. The van der Waals surface area contributed by atoms with E-state index in [1.165, 1.54) is 0 Å². The molecule has 0 bridgehead atoms. The van der Waals surface area contributed by atoms with Crippen molar-refractivity contribution in [2.24, 2.45) is 4.58 Å². The van der Waals surface area contributed by atoms with Gasteiger partial charge in [-0.2, -0.15) is 0 Å². The van der Waals surface area contributed by atoms with Gasteiger partial charge in [0.2, 0.25) is 5.91 Å². The molecule has 0 aromatic carbocycles. The van der Waals surface area contributed by atoms with Gasteiger partial charge >= 0.3 is 0 Å². The number of carbonyl (C=O) groups excluding carboxylic acids is 1. The van der Waals surface area contributed by atoms with E-state index in [-0.39, 0.29) is 11.2 Å². The predicted octanol–water partition coefficient (Wildman–Crippen LogP) is 0.230. The zero-order chi connectivity index (χ0) is 7.78. The van der Waals surface area contributed by atoms with Crippen LogP contribution in [-0.4, -0.2) is 30.2 Å². The Labute approximate surface area is 60.8 Å². The van der Waals surface area contributed by atoms with Crippen LogP contribution in [0.15, 0.2) is 4.58 Å². The highest BCUT2D eigenvalue weighted by Crippen LogP contribution is 2.66. The predicted molar refractivity (Wildman–Crippen MR) is 42.0 cm³/mol. The number of carbonyl (C=O) groups is 1. The topological polar surface area (TPSA) is 58.5 Å². The maximum atomic E-state index is 10.9. The Morgan fingerprint density at radius 3 is 2.70 bits per heavy atom. The van der Waals surface area contributed by atoms with E-state index in [0.717, 1.165) is 0 Å². The minimum absolute atomic E-state index is 0.0444. The van der Waals surface area contributed by atoms with Crippen LogP contribution in [0.25, 0.3) is 0 Å². The van der Waals surface area contributed by atoms with Crippen molar-refractivity contribution in [2.75, 3.05) is 19.1 Å². The maximum Gasteiger partial charge on any atom is 0.233 e. The van der Waals surface area contributed by atoms with Crippen LogP contribution < -0.4 is 5.32 Å². The summed E-state index contributed by atoms with van der Waals surface area (Å²) in [6, 6.07) is 0. The fraction of sp³-hybridized carbons (Fsp3) is 0.800. The molecule has 0 spiro atoms. The second-order valence-electron chi connectivity index (χ2n) is 2.45. The van der Waals surface area contributed by atoms with Crippen LogP contribution in [0.1, 0.15) is 0 Å². The van der Waals surface area contributed by atoms with Crippen molar-refractivity contribution in [3.63, 3.8) is 0 Å². The molecule has 4 nitrogen and oxygen atoms in total. The molecule has 1 saturated heterocycles. The molecule has 1 fully saturated rings. The van der Waals surface area contributed by atoms with Crippen LogP contribution in [-0.2, 0) is 4.79 Å². The van der Waals surface area contributed by atoms with Crippen molar-refractivity contribution in [1.82, 2.24) is 5.32 Å². The van der Waals surface area contributed by atoms with Gasteiger partial charge in [0.25, 0.3) is 0 Å². The normalized spacial score (nSPS) is 43.2. The first-order valence-electron chi connectivity index (χ1n) is 2.95. The Morgan fingerprint density at radius 1 is 1.80 bits per heavy atom. The summed E-state index contributed by atoms with van der Waals surface area (Å²) in [6.45, 7) is 0. The van der Waals surface area contributed by atoms with Gasteiger partial charge in [-0.3, -0.25) is 4.79 Å². The third-order valence-electron chi connectivity index (χ3n) is 1.70. The number of rotatable bonds is 2. The minimum atomic E-state index is -1.41. The summed E-state index contributed by atoms with van der Waals surface area (Å²) in [6.07, 6.45) is 1.78. The molecule has 0 aliphatic carbocycles. The van der Waals surface area contributed by atoms with Gasteiger partial charge in [-0.15, -0.1) is 4.91 Å². The third kappa shape index (κ3) is 1.01. The molecule has 1 amide bonds. The average molecular weight is 162 g/mol. The Kier molecular flexibility index (Phi) is 1.68. The minimum Gasteiger partial charge on any atom is -0.358 e. The number of nitrogens with one attached hydrogen (secondary N) is 1. The first kappa shape index (κ1) is 7.53. The molecule has 2 atom stereocenters. The summed E-state index contributed by atoms with van der Waals surface area (Å²) < 4.78 is 2.95. The number of amides is 1. The van der Waals surface area contributed by atoms with Gasteiger partial charge in [0.1, 0.15) is 0 Å². The maximum absolute atomic E-state index is 10.9. The van der Waals surface area contributed by atoms with Crippen molar-refractivity contribution < 1.29 is 4.79 Å². The highest BCUT2D eigenvalue weighted by atomic mass is 32.3. The van der Waals surface area contributed by atoms with Crippen LogP contribution in [0, 0.1) is 4.91 Å². The molecule has 0 aromatic heterocycles. The van der Waals surface area contributed by atoms with Gasteiger partial charge in [-0.25, -0.2) is 0 Å². The van der Waals surface area contributed by atoms with Crippen molar-refractivity contribution >= 4 is 16.1 Å². The van der Waals surface area contributed by atoms with E-state index in [1.54, 1.807) is 13.3 Å². The van der Waals surface area contributed by atoms with Crippen molar-refractivity contribution in [3.05, 3.63) is 4.91 Å². The molecule has 1 aliphatic heterocycles. The first-order chi connectivity index (χ1) is 4.64. The van der Waals surface area contributed by atoms with Crippen molar-refractivity contribution in [1.29, 1.82) is 0 Å². The molecule has 5 heteroatoms. The smallest absolute Gasteiger partial charge is 0.233 e. The lowest BCUT2D eigenvalue weighted by Gasteiger charge is -2.02. The van der Waals surface area contributed by atoms with Gasteiger partial charge in [-0.1, -0.05) is 10.2 Å². The molecule has 0 radical (unpaired) electrons. The highest BCUT2D eigenvalue weighted by molar-refractivity contribution is 8.39. The Morgan fingerprint density at radius 2 is 2.40 bits per heavy atom. The van der Waals surface area contributed by atoms with Gasteiger partial charge in [0, 0.05) is 12.8 Å². The number of nitroso groups, excluding NO2 is 1. The van der Waals surface area contributed by atoms with E-state index < -0.39 is 10.2 Å². The number of hydrogen-bond donors (Lipinski definition) is 1. The SMILES string of the molecule is CNC(=O)C1CS1(C)N=O. The van der Waals surface area contributed by atoms with Gasteiger partial charge in [0.15, 0.2) is 0 Å². The van der Waals surface area contributed by atoms with Crippen LogP contribution in [0.2, 0.25) is 0 Å². The highest BCUT2D eigenvalue weighted by Gasteiger charge is 2.52. The summed E-state index contributed by atoms with van der Waals surface area (Å²) in [4.78, 5) is 21.0. The van der Waals surface area contributed by atoms with E-state index >= 15 is 0 Å².